The number of benzene rings is 2. The Morgan fingerprint density at radius 2 is 1.77 bits per heavy atom. The number of urea groups is 1. The first-order valence-corrected chi connectivity index (χ1v) is 9.16. The van der Waals surface area contributed by atoms with E-state index in [2.05, 4.69) is 22.0 Å². The van der Waals surface area contributed by atoms with E-state index in [1.807, 2.05) is 49.4 Å². The molecule has 0 aromatic heterocycles. The van der Waals surface area contributed by atoms with Crippen LogP contribution in [-0.2, 0) is 11.2 Å². The fourth-order valence-electron chi connectivity index (χ4n) is 3.33. The molecule has 5 heteroatoms. The van der Waals surface area contributed by atoms with E-state index in [9.17, 15) is 9.59 Å². The van der Waals surface area contributed by atoms with Gasteiger partial charge in [-0.25, -0.2) is 4.79 Å². The zero-order chi connectivity index (χ0) is 18.1. The normalized spacial score (nSPS) is 18.9. The Hall–Kier alpha value is -2.82. The molecule has 2 aromatic carbocycles. The standard InChI is InChI=1S/C21H23N3O2/c1-13(22-20(25)19-12-15-4-2-3-5-18(15)19)14-6-8-16(9-7-14)23-21(26)24-17-10-11-17/h2-9,13,17,19H,10-12H2,1H3,(H,22,25)(H2,23,24,26)/t13-,19-/m0/s1. The topological polar surface area (TPSA) is 70.2 Å². The summed E-state index contributed by atoms with van der Waals surface area (Å²) in [7, 11) is 0. The number of amides is 3. The lowest BCUT2D eigenvalue weighted by Crippen LogP contribution is -2.36. The highest BCUT2D eigenvalue weighted by atomic mass is 16.2. The molecular formula is C21H23N3O2. The number of anilines is 1. The Balaban J connectivity index is 1.32. The van der Waals surface area contributed by atoms with Crippen molar-refractivity contribution in [2.45, 2.75) is 44.2 Å². The molecule has 0 spiro atoms. The van der Waals surface area contributed by atoms with Crippen LogP contribution in [0, 0.1) is 0 Å². The van der Waals surface area contributed by atoms with Crippen LogP contribution in [-0.4, -0.2) is 18.0 Å². The van der Waals surface area contributed by atoms with Gasteiger partial charge in [0.1, 0.15) is 0 Å². The van der Waals surface area contributed by atoms with Crippen molar-refractivity contribution in [2.75, 3.05) is 5.32 Å². The van der Waals surface area contributed by atoms with Crippen LogP contribution in [0.15, 0.2) is 48.5 Å². The molecule has 4 rings (SSSR count). The van der Waals surface area contributed by atoms with E-state index in [0.717, 1.165) is 36.1 Å². The molecule has 2 atom stereocenters. The van der Waals surface area contributed by atoms with E-state index in [-0.39, 0.29) is 23.9 Å². The van der Waals surface area contributed by atoms with E-state index in [0.29, 0.717) is 6.04 Å². The smallest absolute Gasteiger partial charge is 0.319 e. The van der Waals surface area contributed by atoms with Crippen molar-refractivity contribution >= 4 is 17.6 Å². The summed E-state index contributed by atoms with van der Waals surface area (Å²) in [6.07, 6.45) is 2.94. The fraction of sp³-hybridized carbons (Fsp3) is 0.333. The number of hydrogen-bond acceptors (Lipinski definition) is 2. The molecule has 2 aromatic rings. The van der Waals surface area contributed by atoms with Gasteiger partial charge in [-0.05, 0) is 55.0 Å². The van der Waals surface area contributed by atoms with Gasteiger partial charge in [0, 0.05) is 11.7 Å². The summed E-state index contributed by atoms with van der Waals surface area (Å²) >= 11 is 0. The molecule has 134 valence electrons. The first kappa shape index (κ1) is 16.6. The van der Waals surface area contributed by atoms with Crippen molar-refractivity contribution in [1.29, 1.82) is 0 Å². The maximum atomic E-state index is 12.5. The number of rotatable bonds is 5. The Bertz CT molecular complexity index is 827. The van der Waals surface area contributed by atoms with Gasteiger partial charge in [0.05, 0.1) is 12.0 Å². The Kier molecular flexibility index (Phi) is 4.37. The first-order valence-electron chi connectivity index (χ1n) is 9.16. The predicted molar refractivity (Wildman–Crippen MR) is 101 cm³/mol. The molecule has 0 aliphatic heterocycles. The van der Waals surface area contributed by atoms with Gasteiger partial charge in [0.2, 0.25) is 5.91 Å². The summed E-state index contributed by atoms with van der Waals surface area (Å²) in [5, 5.41) is 8.82. The van der Waals surface area contributed by atoms with Crippen molar-refractivity contribution in [1.82, 2.24) is 10.6 Å². The molecule has 1 fully saturated rings. The van der Waals surface area contributed by atoms with E-state index in [1.165, 1.54) is 5.56 Å². The minimum atomic E-state index is -0.162. The monoisotopic (exact) mass is 349 g/mol. The lowest BCUT2D eigenvalue weighted by Gasteiger charge is -2.30. The van der Waals surface area contributed by atoms with Crippen molar-refractivity contribution < 1.29 is 9.59 Å². The van der Waals surface area contributed by atoms with Gasteiger partial charge in [0.15, 0.2) is 0 Å². The Labute approximate surface area is 153 Å². The number of carbonyl (C=O) groups excluding carboxylic acids is 2. The maximum Gasteiger partial charge on any atom is 0.319 e. The van der Waals surface area contributed by atoms with Crippen LogP contribution in [0.5, 0.6) is 0 Å². The van der Waals surface area contributed by atoms with Crippen LogP contribution < -0.4 is 16.0 Å². The molecule has 0 unspecified atom stereocenters. The molecule has 0 bridgehead atoms. The van der Waals surface area contributed by atoms with Crippen molar-refractivity contribution in [3.05, 3.63) is 65.2 Å². The van der Waals surface area contributed by atoms with E-state index in [1.54, 1.807) is 0 Å². The second kappa shape index (κ2) is 6.83. The second-order valence-electron chi connectivity index (χ2n) is 7.18. The summed E-state index contributed by atoms with van der Waals surface area (Å²) in [6.45, 7) is 1.98. The summed E-state index contributed by atoms with van der Waals surface area (Å²) < 4.78 is 0. The molecule has 3 amide bonds. The quantitative estimate of drug-likeness (QED) is 0.773. The SMILES string of the molecule is C[C@H](NC(=O)[C@H]1Cc2ccccc21)c1ccc(NC(=O)NC2CC2)cc1. The number of carbonyl (C=O) groups is 2. The van der Waals surface area contributed by atoms with Gasteiger partial charge >= 0.3 is 6.03 Å². The van der Waals surface area contributed by atoms with E-state index < -0.39 is 0 Å². The third-order valence-electron chi connectivity index (χ3n) is 5.11. The highest BCUT2D eigenvalue weighted by Crippen LogP contribution is 2.35. The molecule has 3 N–H and O–H groups in total. The van der Waals surface area contributed by atoms with Crippen LogP contribution in [0.25, 0.3) is 0 Å². The summed E-state index contributed by atoms with van der Waals surface area (Å²) in [6, 6.07) is 15.8. The lowest BCUT2D eigenvalue weighted by molar-refractivity contribution is -0.123. The average Bonchev–Trinajstić information content (AvgIpc) is 3.40. The minimum Gasteiger partial charge on any atom is -0.349 e. The molecule has 0 heterocycles. The summed E-state index contributed by atoms with van der Waals surface area (Å²) in [5.41, 5.74) is 4.16. The summed E-state index contributed by atoms with van der Waals surface area (Å²) in [5.74, 6) is 0.0305. The lowest BCUT2D eigenvalue weighted by atomic mass is 9.77. The molecule has 5 nitrogen and oxygen atoms in total. The molecular weight excluding hydrogens is 326 g/mol. The molecule has 0 saturated heterocycles. The third-order valence-corrected chi connectivity index (χ3v) is 5.11. The first-order chi connectivity index (χ1) is 12.6. The largest absolute Gasteiger partial charge is 0.349 e. The van der Waals surface area contributed by atoms with Gasteiger partial charge in [0.25, 0.3) is 0 Å². The minimum absolute atomic E-state index is 0.0410. The van der Waals surface area contributed by atoms with Gasteiger partial charge in [-0.15, -0.1) is 0 Å². The maximum absolute atomic E-state index is 12.5. The van der Waals surface area contributed by atoms with Crippen LogP contribution in [0.2, 0.25) is 0 Å². The molecule has 2 aliphatic carbocycles. The van der Waals surface area contributed by atoms with Crippen LogP contribution >= 0.6 is 0 Å². The van der Waals surface area contributed by atoms with Crippen molar-refractivity contribution in [3.63, 3.8) is 0 Å². The van der Waals surface area contributed by atoms with Gasteiger partial charge in [-0.1, -0.05) is 36.4 Å². The van der Waals surface area contributed by atoms with Crippen LogP contribution in [0.4, 0.5) is 10.5 Å². The van der Waals surface area contributed by atoms with Crippen LogP contribution in [0.3, 0.4) is 0 Å². The van der Waals surface area contributed by atoms with Crippen LogP contribution in [0.1, 0.15) is 48.4 Å². The van der Waals surface area contributed by atoms with Crippen molar-refractivity contribution in [2.24, 2.45) is 0 Å². The Morgan fingerprint density at radius 1 is 1.04 bits per heavy atom. The molecule has 2 aliphatic rings. The zero-order valence-electron chi connectivity index (χ0n) is 14.8. The van der Waals surface area contributed by atoms with Gasteiger partial charge in [-0.2, -0.15) is 0 Å². The highest BCUT2D eigenvalue weighted by Gasteiger charge is 2.32. The second-order valence-corrected chi connectivity index (χ2v) is 7.18. The average molecular weight is 349 g/mol. The zero-order valence-corrected chi connectivity index (χ0v) is 14.8. The van der Waals surface area contributed by atoms with Gasteiger partial charge in [-0.3, -0.25) is 4.79 Å². The molecule has 1 saturated carbocycles. The number of nitrogens with one attached hydrogen (secondary N) is 3. The predicted octanol–water partition coefficient (Wildman–Crippen LogP) is 3.49. The molecule has 26 heavy (non-hydrogen) atoms. The fourth-order valence-corrected chi connectivity index (χ4v) is 3.33. The van der Waals surface area contributed by atoms with Gasteiger partial charge < -0.3 is 16.0 Å². The number of hydrogen-bond donors (Lipinski definition) is 3. The number of fused-ring (bicyclic) bond motifs is 1. The van der Waals surface area contributed by atoms with Crippen molar-refractivity contribution in [3.8, 4) is 0 Å². The van der Waals surface area contributed by atoms with E-state index in [4.69, 9.17) is 0 Å². The van der Waals surface area contributed by atoms with E-state index >= 15 is 0 Å². The molecule has 0 radical (unpaired) electrons. The Morgan fingerprint density at radius 3 is 2.46 bits per heavy atom. The third kappa shape index (κ3) is 3.57. The highest BCUT2D eigenvalue weighted by molar-refractivity contribution is 5.89. The summed E-state index contributed by atoms with van der Waals surface area (Å²) in [4.78, 5) is 24.3.